The van der Waals surface area contributed by atoms with E-state index in [4.69, 9.17) is 9.47 Å². The van der Waals surface area contributed by atoms with Crippen molar-refractivity contribution in [1.29, 1.82) is 0 Å². The van der Waals surface area contributed by atoms with Crippen LogP contribution in [0.1, 0.15) is 43.2 Å². The molecule has 0 spiro atoms. The van der Waals surface area contributed by atoms with Gasteiger partial charge < -0.3 is 19.9 Å². The number of ether oxygens (including phenoxy) is 2. The predicted molar refractivity (Wildman–Crippen MR) is 94.9 cm³/mol. The van der Waals surface area contributed by atoms with Crippen LogP contribution in [0.2, 0.25) is 0 Å². The Kier molecular flexibility index (Phi) is 3.77. The smallest absolute Gasteiger partial charge is 0.231 e. The van der Waals surface area contributed by atoms with Gasteiger partial charge in [-0.15, -0.1) is 0 Å². The van der Waals surface area contributed by atoms with E-state index in [2.05, 4.69) is 35.3 Å². The van der Waals surface area contributed by atoms with Gasteiger partial charge in [-0.1, -0.05) is 25.0 Å². The lowest BCUT2D eigenvalue weighted by molar-refractivity contribution is 0.0622. The van der Waals surface area contributed by atoms with E-state index >= 15 is 0 Å². The first-order valence-electron chi connectivity index (χ1n) is 9.54. The molecule has 134 valence electrons. The van der Waals surface area contributed by atoms with Crippen LogP contribution in [0.15, 0.2) is 23.8 Å². The van der Waals surface area contributed by atoms with Crippen molar-refractivity contribution in [3.8, 4) is 11.5 Å². The molecule has 5 rings (SSSR count). The van der Waals surface area contributed by atoms with Crippen molar-refractivity contribution < 1.29 is 14.6 Å². The molecule has 3 aliphatic heterocycles. The first-order valence-corrected chi connectivity index (χ1v) is 9.54. The summed E-state index contributed by atoms with van der Waals surface area (Å²) < 4.78 is 11.2. The molecule has 25 heavy (non-hydrogen) atoms. The summed E-state index contributed by atoms with van der Waals surface area (Å²) in [5.74, 6) is 1.78. The second-order valence-electron chi connectivity index (χ2n) is 7.66. The molecule has 1 aliphatic carbocycles. The number of fused-ring (bicyclic) bond motifs is 3. The van der Waals surface area contributed by atoms with Crippen molar-refractivity contribution in [2.24, 2.45) is 0 Å². The highest BCUT2D eigenvalue weighted by Gasteiger charge is 2.48. The minimum atomic E-state index is -0.411. The zero-order valence-corrected chi connectivity index (χ0v) is 14.7. The Bertz CT molecular complexity index is 717. The third-order valence-electron chi connectivity index (χ3n) is 6.21. The molecular weight excluding hydrogens is 316 g/mol. The number of benzene rings is 1. The SMILES string of the molecule is CCCCN[C@H]1C=C2CCN3Cc4cc5c(cc4[C@H]([C@@H]1O)[C@@H]23)OCO5. The van der Waals surface area contributed by atoms with Crippen molar-refractivity contribution in [3.05, 3.63) is 34.9 Å². The molecule has 0 unspecified atom stereocenters. The summed E-state index contributed by atoms with van der Waals surface area (Å²) in [6.45, 7) is 5.46. The number of unbranched alkanes of at least 4 members (excludes halogenated alkanes) is 1. The van der Waals surface area contributed by atoms with Crippen LogP contribution in [-0.4, -0.2) is 48.1 Å². The normalized spacial score (nSPS) is 32.3. The molecule has 1 aromatic carbocycles. The van der Waals surface area contributed by atoms with E-state index in [-0.39, 0.29) is 12.0 Å². The third kappa shape index (κ3) is 2.40. The largest absolute Gasteiger partial charge is 0.454 e. The minimum Gasteiger partial charge on any atom is -0.454 e. The van der Waals surface area contributed by atoms with Gasteiger partial charge in [0.1, 0.15) is 0 Å². The molecule has 1 saturated heterocycles. The molecule has 4 atom stereocenters. The molecule has 0 radical (unpaired) electrons. The summed E-state index contributed by atoms with van der Waals surface area (Å²) in [7, 11) is 0. The summed E-state index contributed by atoms with van der Waals surface area (Å²) in [5.41, 5.74) is 4.01. The summed E-state index contributed by atoms with van der Waals surface area (Å²) >= 11 is 0. The van der Waals surface area contributed by atoms with Crippen molar-refractivity contribution >= 4 is 0 Å². The lowest BCUT2D eigenvalue weighted by atomic mass is 9.72. The second kappa shape index (κ2) is 6.01. The maximum Gasteiger partial charge on any atom is 0.231 e. The van der Waals surface area contributed by atoms with Gasteiger partial charge in [0, 0.05) is 25.0 Å². The zero-order valence-electron chi connectivity index (χ0n) is 14.7. The highest BCUT2D eigenvalue weighted by Crippen LogP contribution is 2.49. The van der Waals surface area contributed by atoms with Gasteiger partial charge in [-0.25, -0.2) is 0 Å². The zero-order chi connectivity index (χ0) is 17.0. The van der Waals surface area contributed by atoms with Gasteiger partial charge in [0.05, 0.1) is 12.1 Å². The Morgan fingerprint density at radius 3 is 2.96 bits per heavy atom. The van der Waals surface area contributed by atoms with Crippen LogP contribution in [0, 0.1) is 0 Å². The molecule has 5 heteroatoms. The van der Waals surface area contributed by atoms with E-state index in [0.29, 0.717) is 12.8 Å². The molecule has 1 fully saturated rings. The van der Waals surface area contributed by atoms with Crippen molar-refractivity contribution in [2.75, 3.05) is 19.9 Å². The van der Waals surface area contributed by atoms with Crippen LogP contribution in [-0.2, 0) is 6.54 Å². The van der Waals surface area contributed by atoms with E-state index in [1.165, 1.54) is 23.1 Å². The van der Waals surface area contributed by atoms with Crippen molar-refractivity contribution in [3.63, 3.8) is 0 Å². The molecule has 5 nitrogen and oxygen atoms in total. The predicted octanol–water partition coefficient (Wildman–Crippen LogP) is 2.15. The topological polar surface area (TPSA) is 54.0 Å². The molecular formula is C20H26N2O3. The minimum absolute atomic E-state index is 0.0409. The van der Waals surface area contributed by atoms with Crippen LogP contribution in [0.25, 0.3) is 0 Å². The van der Waals surface area contributed by atoms with Gasteiger partial charge in [-0.2, -0.15) is 0 Å². The third-order valence-corrected chi connectivity index (χ3v) is 6.21. The average Bonchev–Trinajstić information content (AvgIpc) is 3.23. The van der Waals surface area contributed by atoms with Gasteiger partial charge in [0.25, 0.3) is 0 Å². The number of hydrogen-bond acceptors (Lipinski definition) is 5. The van der Waals surface area contributed by atoms with Crippen LogP contribution < -0.4 is 14.8 Å². The fourth-order valence-electron chi connectivity index (χ4n) is 5.00. The van der Waals surface area contributed by atoms with E-state index in [1.54, 1.807) is 0 Å². The number of rotatable bonds is 4. The number of nitrogens with one attached hydrogen (secondary N) is 1. The Hall–Kier alpha value is -1.56. The van der Waals surface area contributed by atoms with Gasteiger partial charge in [-0.3, -0.25) is 4.90 Å². The highest BCUT2D eigenvalue weighted by atomic mass is 16.7. The molecule has 0 bridgehead atoms. The summed E-state index contributed by atoms with van der Waals surface area (Å²) in [6.07, 6.45) is 5.31. The molecule has 2 N–H and O–H groups in total. The number of hydrogen-bond donors (Lipinski definition) is 2. The van der Waals surface area contributed by atoms with Crippen molar-refractivity contribution in [1.82, 2.24) is 10.2 Å². The highest BCUT2D eigenvalue weighted by molar-refractivity contribution is 5.53. The molecule has 1 aromatic rings. The van der Waals surface area contributed by atoms with E-state index < -0.39 is 6.10 Å². The maximum atomic E-state index is 11.2. The standard InChI is InChI=1S/C20H26N2O3/c1-2-3-5-21-15-7-12-4-6-22-10-13-8-16-17(25-11-24-16)9-14(13)18(19(12)22)20(15)23/h7-9,15,18-21,23H,2-6,10-11H2,1H3/t15-,18-,19+,20+/m0/s1. The average molecular weight is 342 g/mol. The monoisotopic (exact) mass is 342 g/mol. The van der Waals surface area contributed by atoms with Crippen LogP contribution in [0.4, 0.5) is 0 Å². The Balaban J connectivity index is 1.53. The quantitative estimate of drug-likeness (QED) is 0.649. The van der Waals surface area contributed by atoms with Gasteiger partial charge in [-0.05, 0) is 42.6 Å². The lowest BCUT2D eigenvalue weighted by Crippen LogP contribution is -2.53. The molecule has 4 aliphatic rings. The molecule has 0 amide bonds. The lowest BCUT2D eigenvalue weighted by Gasteiger charge is -2.45. The number of nitrogens with zero attached hydrogens (tertiary/aromatic N) is 1. The number of aliphatic hydroxyl groups excluding tert-OH is 1. The molecule has 0 saturated carbocycles. The molecule has 3 heterocycles. The van der Waals surface area contributed by atoms with Crippen LogP contribution in [0.5, 0.6) is 11.5 Å². The van der Waals surface area contributed by atoms with Gasteiger partial charge in [0.15, 0.2) is 11.5 Å². The van der Waals surface area contributed by atoms with E-state index in [1.807, 2.05) is 0 Å². The first-order chi connectivity index (χ1) is 12.3. The Morgan fingerprint density at radius 1 is 1.28 bits per heavy atom. The first kappa shape index (κ1) is 15.7. The van der Waals surface area contributed by atoms with Gasteiger partial charge >= 0.3 is 0 Å². The van der Waals surface area contributed by atoms with E-state index in [0.717, 1.165) is 44.0 Å². The summed E-state index contributed by atoms with van der Waals surface area (Å²) in [6, 6.07) is 4.62. The van der Waals surface area contributed by atoms with Crippen molar-refractivity contribution in [2.45, 2.75) is 56.8 Å². The van der Waals surface area contributed by atoms with Gasteiger partial charge in [0.2, 0.25) is 6.79 Å². The fourth-order valence-corrected chi connectivity index (χ4v) is 5.00. The summed E-state index contributed by atoms with van der Waals surface area (Å²) in [5, 5.41) is 14.8. The maximum absolute atomic E-state index is 11.2. The summed E-state index contributed by atoms with van der Waals surface area (Å²) in [4.78, 5) is 2.52. The van der Waals surface area contributed by atoms with E-state index in [9.17, 15) is 5.11 Å². The second-order valence-corrected chi connectivity index (χ2v) is 7.66. The Labute approximate surface area is 148 Å². The molecule has 0 aromatic heterocycles. The number of aliphatic hydroxyl groups is 1. The van der Waals surface area contributed by atoms with Crippen LogP contribution >= 0.6 is 0 Å². The van der Waals surface area contributed by atoms with Crippen LogP contribution in [0.3, 0.4) is 0 Å². The fraction of sp³-hybridized carbons (Fsp3) is 0.600. The Morgan fingerprint density at radius 2 is 2.12 bits per heavy atom.